The first-order valence-corrected chi connectivity index (χ1v) is 6.49. The molecule has 6 nitrogen and oxygen atoms in total. The smallest absolute Gasteiger partial charge is 0.191 e. The third kappa shape index (κ3) is 2.43. The second-order valence-electron chi connectivity index (χ2n) is 4.48. The molecule has 1 aromatic carbocycles. The number of ether oxygens (including phenoxy) is 1. The number of rotatable bonds is 2. The third-order valence-electron chi connectivity index (χ3n) is 3.32. The summed E-state index contributed by atoms with van der Waals surface area (Å²) in [6.07, 6.45) is -6.11. The molecule has 1 heterocycles. The van der Waals surface area contributed by atoms with Gasteiger partial charge in [-0.1, -0.05) is 28.1 Å². The molecule has 0 bridgehead atoms. The van der Waals surface area contributed by atoms with Gasteiger partial charge in [0.25, 0.3) is 0 Å². The van der Waals surface area contributed by atoms with E-state index in [1.54, 1.807) is 12.1 Å². The number of aliphatic hydroxyl groups excluding tert-OH is 4. The zero-order valence-electron chi connectivity index (χ0n) is 9.85. The van der Waals surface area contributed by atoms with Gasteiger partial charge in [0, 0.05) is 4.47 Å². The predicted octanol–water partition coefficient (Wildman–Crippen LogP) is -0.932. The van der Waals surface area contributed by atoms with E-state index in [0.717, 1.165) is 4.47 Å². The van der Waals surface area contributed by atoms with Gasteiger partial charge in [0.2, 0.25) is 0 Å². The zero-order valence-corrected chi connectivity index (χ0v) is 11.4. The molecule has 0 aromatic heterocycles. The summed E-state index contributed by atoms with van der Waals surface area (Å²) < 4.78 is 5.71. The maximum absolute atomic E-state index is 10.5. The fourth-order valence-electron chi connectivity index (χ4n) is 2.14. The Bertz CT molecular complexity index is 438. The zero-order chi connectivity index (χ0) is 14.2. The Kier molecular flexibility index (Phi) is 4.26. The summed E-state index contributed by atoms with van der Waals surface area (Å²) in [6.45, 7) is -0.578. The van der Waals surface area contributed by atoms with Crippen molar-refractivity contribution in [2.45, 2.75) is 30.2 Å². The van der Waals surface area contributed by atoms with Crippen LogP contribution in [0.15, 0.2) is 28.7 Å². The SMILES string of the molecule is OC[C@H]1O[C@H](O)[C@@](O)(c2ccc(Br)cc2)[C@@H](O)[C@@H]1O. The summed E-state index contributed by atoms with van der Waals surface area (Å²) >= 11 is 3.23. The number of hydrogen-bond donors (Lipinski definition) is 5. The van der Waals surface area contributed by atoms with Crippen molar-refractivity contribution < 1.29 is 30.3 Å². The molecule has 1 fully saturated rings. The van der Waals surface area contributed by atoms with Crippen molar-refractivity contribution in [1.82, 2.24) is 0 Å². The highest BCUT2D eigenvalue weighted by Crippen LogP contribution is 2.37. The molecule has 0 unspecified atom stereocenters. The van der Waals surface area contributed by atoms with E-state index in [1.807, 2.05) is 0 Å². The predicted molar refractivity (Wildman–Crippen MR) is 68.0 cm³/mol. The lowest BCUT2D eigenvalue weighted by molar-refractivity contribution is -0.335. The van der Waals surface area contributed by atoms with Gasteiger partial charge >= 0.3 is 0 Å². The molecule has 1 aromatic rings. The number of aliphatic hydroxyl groups is 5. The number of halogens is 1. The molecule has 5 atom stereocenters. The van der Waals surface area contributed by atoms with Crippen molar-refractivity contribution in [3.8, 4) is 0 Å². The Balaban J connectivity index is 2.38. The standard InChI is InChI=1S/C12H15BrO6/c13-7-3-1-6(2-4-7)12(18)10(16)9(15)8(5-14)19-11(12)17/h1-4,8-11,14-18H,5H2/t8-,9-,10+,11+,12-/m1/s1. The molecule has 0 radical (unpaired) electrons. The maximum Gasteiger partial charge on any atom is 0.191 e. The minimum atomic E-state index is -2.16. The normalized spacial score (nSPS) is 39.3. The second-order valence-corrected chi connectivity index (χ2v) is 5.39. The summed E-state index contributed by atoms with van der Waals surface area (Å²) in [7, 11) is 0. The first-order valence-electron chi connectivity index (χ1n) is 5.70. The first-order chi connectivity index (χ1) is 8.91. The van der Waals surface area contributed by atoms with Crippen molar-refractivity contribution in [3.63, 3.8) is 0 Å². The van der Waals surface area contributed by atoms with Crippen LogP contribution in [0.5, 0.6) is 0 Å². The Labute approximate surface area is 118 Å². The van der Waals surface area contributed by atoms with Gasteiger partial charge in [0.1, 0.15) is 18.3 Å². The number of hydrogen-bond acceptors (Lipinski definition) is 6. The van der Waals surface area contributed by atoms with Crippen LogP contribution in [0.1, 0.15) is 5.56 Å². The van der Waals surface area contributed by atoms with Gasteiger partial charge in [-0.2, -0.15) is 0 Å². The third-order valence-corrected chi connectivity index (χ3v) is 3.85. The highest BCUT2D eigenvalue weighted by molar-refractivity contribution is 9.10. The Hall–Kier alpha value is -0.540. The topological polar surface area (TPSA) is 110 Å². The van der Waals surface area contributed by atoms with Gasteiger partial charge in [-0.05, 0) is 17.7 Å². The molecular formula is C12H15BrO6. The fourth-order valence-corrected chi connectivity index (χ4v) is 2.41. The highest BCUT2D eigenvalue weighted by atomic mass is 79.9. The van der Waals surface area contributed by atoms with Crippen LogP contribution in [0.3, 0.4) is 0 Å². The van der Waals surface area contributed by atoms with Crippen LogP contribution < -0.4 is 0 Å². The molecule has 2 rings (SSSR count). The van der Waals surface area contributed by atoms with E-state index in [1.165, 1.54) is 12.1 Å². The number of benzene rings is 1. The van der Waals surface area contributed by atoms with Crippen molar-refractivity contribution in [2.75, 3.05) is 6.61 Å². The fraction of sp³-hybridized carbons (Fsp3) is 0.500. The van der Waals surface area contributed by atoms with Crippen LogP contribution in [0, 0.1) is 0 Å². The molecule has 0 spiro atoms. The van der Waals surface area contributed by atoms with Crippen molar-refractivity contribution in [1.29, 1.82) is 0 Å². The van der Waals surface area contributed by atoms with E-state index in [4.69, 9.17) is 9.84 Å². The average molecular weight is 335 g/mol. The van der Waals surface area contributed by atoms with Crippen LogP contribution in [0.2, 0.25) is 0 Å². The van der Waals surface area contributed by atoms with E-state index in [9.17, 15) is 20.4 Å². The Morgan fingerprint density at radius 1 is 1.16 bits per heavy atom. The van der Waals surface area contributed by atoms with Crippen LogP contribution >= 0.6 is 15.9 Å². The van der Waals surface area contributed by atoms with Crippen molar-refractivity contribution >= 4 is 15.9 Å². The van der Waals surface area contributed by atoms with Crippen LogP contribution in [-0.4, -0.2) is 56.7 Å². The molecule has 1 aliphatic rings. The molecule has 7 heteroatoms. The van der Waals surface area contributed by atoms with Gasteiger partial charge in [0.15, 0.2) is 11.9 Å². The molecule has 0 saturated carbocycles. The molecule has 0 aliphatic carbocycles. The molecular weight excluding hydrogens is 320 g/mol. The lowest BCUT2D eigenvalue weighted by atomic mass is 9.81. The van der Waals surface area contributed by atoms with E-state index in [2.05, 4.69) is 15.9 Å². The van der Waals surface area contributed by atoms with Crippen molar-refractivity contribution in [3.05, 3.63) is 34.3 Å². The lowest BCUT2D eigenvalue weighted by Gasteiger charge is -2.46. The largest absolute Gasteiger partial charge is 0.394 e. The molecule has 106 valence electrons. The molecule has 0 amide bonds. The highest BCUT2D eigenvalue weighted by Gasteiger charge is 2.55. The Morgan fingerprint density at radius 3 is 2.26 bits per heavy atom. The minimum absolute atomic E-state index is 0.200. The monoisotopic (exact) mass is 334 g/mol. The van der Waals surface area contributed by atoms with Crippen LogP contribution in [0.4, 0.5) is 0 Å². The van der Waals surface area contributed by atoms with Gasteiger partial charge in [-0.3, -0.25) is 0 Å². The summed E-state index contributed by atoms with van der Waals surface area (Å²) in [5.74, 6) is 0. The van der Waals surface area contributed by atoms with E-state index >= 15 is 0 Å². The molecule has 1 saturated heterocycles. The van der Waals surface area contributed by atoms with E-state index in [-0.39, 0.29) is 5.56 Å². The van der Waals surface area contributed by atoms with Gasteiger partial charge in [-0.25, -0.2) is 0 Å². The van der Waals surface area contributed by atoms with Crippen LogP contribution in [-0.2, 0) is 10.3 Å². The molecule has 1 aliphatic heterocycles. The first kappa shape index (κ1) is 14.9. The summed E-state index contributed by atoms with van der Waals surface area (Å²) in [5.41, 5.74) is -1.96. The summed E-state index contributed by atoms with van der Waals surface area (Å²) in [5, 5.41) is 49.1. The lowest BCUT2D eigenvalue weighted by Crippen LogP contribution is -2.64. The Morgan fingerprint density at radius 2 is 1.74 bits per heavy atom. The maximum atomic E-state index is 10.5. The quantitative estimate of drug-likeness (QED) is 0.478. The summed E-state index contributed by atoms with van der Waals surface area (Å²) in [6, 6.07) is 6.23. The minimum Gasteiger partial charge on any atom is -0.394 e. The van der Waals surface area contributed by atoms with Gasteiger partial charge < -0.3 is 30.3 Å². The van der Waals surface area contributed by atoms with E-state index in [0.29, 0.717) is 0 Å². The second kappa shape index (κ2) is 5.45. The molecule has 19 heavy (non-hydrogen) atoms. The average Bonchev–Trinajstić information content (AvgIpc) is 2.41. The van der Waals surface area contributed by atoms with Crippen LogP contribution in [0.25, 0.3) is 0 Å². The van der Waals surface area contributed by atoms with Gasteiger partial charge in [0.05, 0.1) is 6.61 Å². The van der Waals surface area contributed by atoms with Crippen molar-refractivity contribution in [2.24, 2.45) is 0 Å². The van der Waals surface area contributed by atoms with Gasteiger partial charge in [-0.15, -0.1) is 0 Å². The molecule has 5 N–H and O–H groups in total. The summed E-state index contributed by atoms with van der Waals surface area (Å²) in [4.78, 5) is 0. The van der Waals surface area contributed by atoms with E-state index < -0.39 is 36.8 Å².